The number of fused-ring (bicyclic) bond motifs is 2. The third-order valence-corrected chi connectivity index (χ3v) is 7.54. The molecule has 2 atom stereocenters. The highest BCUT2D eigenvalue weighted by Gasteiger charge is 2.35. The first-order valence-electron chi connectivity index (χ1n) is 12.1. The molecule has 9 heteroatoms. The van der Waals surface area contributed by atoms with E-state index >= 15 is 4.39 Å². The summed E-state index contributed by atoms with van der Waals surface area (Å²) in [6, 6.07) is 9.24. The van der Waals surface area contributed by atoms with Crippen molar-refractivity contribution in [1.82, 2.24) is 19.3 Å². The Bertz CT molecular complexity index is 1600. The van der Waals surface area contributed by atoms with Gasteiger partial charge in [0.2, 0.25) is 11.5 Å². The Morgan fingerprint density at radius 3 is 2.72 bits per heavy atom. The zero-order chi connectivity index (χ0) is 25.0. The van der Waals surface area contributed by atoms with Crippen molar-refractivity contribution in [3.63, 3.8) is 0 Å². The fourth-order valence-electron chi connectivity index (χ4n) is 5.77. The molecule has 0 radical (unpaired) electrons. The van der Waals surface area contributed by atoms with Gasteiger partial charge in [-0.15, -0.1) is 0 Å². The number of benzene rings is 2. The van der Waals surface area contributed by atoms with Gasteiger partial charge in [-0.05, 0) is 48.9 Å². The van der Waals surface area contributed by atoms with E-state index in [2.05, 4.69) is 14.9 Å². The Kier molecular flexibility index (Phi) is 5.32. The van der Waals surface area contributed by atoms with Crippen molar-refractivity contribution < 1.29 is 8.78 Å². The number of hydrogen-bond donors (Lipinski definition) is 0. The molecule has 2 aromatic carbocycles. The van der Waals surface area contributed by atoms with Gasteiger partial charge in [0.25, 0.3) is 5.56 Å². The van der Waals surface area contributed by atoms with Crippen LogP contribution in [-0.2, 0) is 7.05 Å². The molecule has 7 nitrogen and oxygen atoms in total. The molecular weight excluding hydrogens is 462 g/mol. The van der Waals surface area contributed by atoms with Gasteiger partial charge in [0.15, 0.2) is 5.82 Å². The molecule has 182 valence electrons. The first-order chi connectivity index (χ1) is 17.4. The number of aromatic nitrogens is 4. The van der Waals surface area contributed by atoms with Crippen molar-refractivity contribution in [3.05, 3.63) is 76.0 Å². The van der Waals surface area contributed by atoms with Crippen LogP contribution in [0.1, 0.15) is 25.7 Å². The van der Waals surface area contributed by atoms with Crippen molar-refractivity contribution in [2.75, 3.05) is 18.0 Å². The summed E-state index contributed by atoms with van der Waals surface area (Å²) in [6.45, 7) is 8.44. The molecule has 1 saturated carbocycles. The molecule has 2 aliphatic rings. The number of aryl methyl sites for hydroxylation is 1. The molecule has 36 heavy (non-hydrogen) atoms. The molecule has 1 saturated heterocycles. The number of anilines is 1. The summed E-state index contributed by atoms with van der Waals surface area (Å²) in [5, 5.41) is 5.13. The predicted octanol–water partition coefficient (Wildman–Crippen LogP) is 5.24. The molecule has 6 rings (SSSR count). The highest BCUT2D eigenvalue weighted by Crippen LogP contribution is 2.39. The van der Waals surface area contributed by atoms with E-state index in [9.17, 15) is 9.18 Å². The summed E-state index contributed by atoms with van der Waals surface area (Å²) in [4.78, 5) is 23.3. The lowest BCUT2D eigenvalue weighted by atomic mass is 9.89. The molecule has 1 aliphatic heterocycles. The van der Waals surface area contributed by atoms with Gasteiger partial charge in [0.05, 0.1) is 17.8 Å². The fraction of sp³-hybridized carbons (Fsp3) is 0.333. The Balaban J connectivity index is 1.55. The van der Waals surface area contributed by atoms with Crippen LogP contribution in [0, 0.1) is 30.0 Å². The van der Waals surface area contributed by atoms with Gasteiger partial charge in [-0.3, -0.25) is 14.0 Å². The molecule has 0 bridgehead atoms. The highest BCUT2D eigenvalue weighted by molar-refractivity contribution is 5.81. The zero-order valence-electron chi connectivity index (χ0n) is 19.8. The molecule has 0 N–H and O–H groups in total. The van der Waals surface area contributed by atoms with E-state index < -0.39 is 17.2 Å². The van der Waals surface area contributed by atoms with Crippen LogP contribution in [0.25, 0.3) is 32.8 Å². The highest BCUT2D eigenvalue weighted by atomic mass is 19.1. The second-order valence-electron chi connectivity index (χ2n) is 9.72. The average molecular weight is 487 g/mol. The third-order valence-electron chi connectivity index (χ3n) is 7.54. The number of halogens is 2. The maximum atomic E-state index is 15.7. The summed E-state index contributed by atoms with van der Waals surface area (Å²) in [5.74, 6) is -0.388. The summed E-state index contributed by atoms with van der Waals surface area (Å²) < 4.78 is 33.2. The van der Waals surface area contributed by atoms with Crippen molar-refractivity contribution >= 4 is 22.4 Å². The van der Waals surface area contributed by atoms with Crippen molar-refractivity contribution in [2.45, 2.75) is 25.7 Å². The smallest absolute Gasteiger partial charge is 0.296 e. The van der Waals surface area contributed by atoms with E-state index in [0.717, 1.165) is 23.7 Å². The third kappa shape index (κ3) is 3.65. The lowest BCUT2D eigenvalue weighted by Crippen LogP contribution is -2.41. The molecule has 2 fully saturated rings. The Hall–Kier alpha value is -4.06. The SMILES string of the molecule is [C-]#[N+]c1ccc(-c2nc(N3CCC4CCCC4C3)c(F)c(=O)n2-c2ccc3nn(C)cc3c2)cc1F. The van der Waals surface area contributed by atoms with Gasteiger partial charge in [0, 0.05) is 37.3 Å². The van der Waals surface area contributed by atoms with Crippen LogP contribution in [0.4, 0.5) is 20.3 Å². The van der Waals surface area contributed by atoms with E-state index in [1.54, 1.807) is 42.2 Å². The normalized spacial score (nSPS) is 19.4. The Morgan fingerprint density at radius 2 is 1.92 bits per heavy atom. The standard InChI is InChI=1S/C27H24F2N6O/c1-30-23-8-6-17(13-21(23)28)25-31-26(34-11-10-16-4-3-5-18(16)15-34)24(29)27(36)35(25)20-7-9-22-19(12-20)14-33(2)32-22/h6-9,12-14,16,18H,3-5,10-11,15H2,2H3. The molecule has 0 amide bonds. The van der Waals surface area contributed by atoms with Crippen molar-refractivity contribution in [3.8, 4) is 17.1 Å². The van der Waals surface area contributed by atoms with Crippen LogP contribution >= 0.6 is 0 Å². The maximum absolute atomic E-state index is 15.7. The zero-order valence-corrected chi connectivity index (χ0v) is 19.8. The molecule has 4 aromatic rings. The van der Waals surface area contributed by atoms with Crippen LogP contribution in [0.15, 0.2) is 47.4 Å². The summed E-state index contributed by atoms with van der Waals surface area (Å²) in [7, 11) is 1.79. The van der Waals surface area contributed by atoms with Gasteiger partial charge >= 0.3 is 0 Å². The lowest BCUT2D eigenvalue weighted by Gasteiger charge is -2.36. The number of hydrogen-bond acceptors (Lipinski definition) is 4. The van der Waals surface area contributed by atoms with Crippen LogP contribution in [-0.4, -0.2) is 32.4 Å². The van der Waals surface area contributed by atoms with E-state index in [0.29, 0.717) is 36.2 Å². The second kappa shape index (κ2) is 8.55. The molecule has 2 aromatic heterocycles. The monoisotopic (exact) mass is 486 g/mol. The van der Waals surface area contributed by atoms with Gasteiger partial charge in [0.1, 0.15) is 11.6 Å². The largest absolute Gasteiger partial charge is 0.354 e. The maximum Gasteiger partial charge on any atom is 0.296 e. The van der Waals surface area contributed by atoms with Crippen LogP contribution in [0.5, 0.6) is 0 Å². The first kappa shape index (κ1) is 22.4. The van der Waals surface area contributed by atoms with Crippen LogP contribution in [0.3, 0.4) is 0 Å². The van der Waals surface area contributed by atoms with Crippen LogP contribution in [0.2, 0.25) is 0 Å². The predicted molar refractivity (Wildman–Crippen MR) is 133 cm³/mol. The summed E-state index contributed by atoms with van der Waals surface area (Å²) in [5.41, 5.74) is 0.446. The van der Waals surface area contributed by atoms with E-state index in [4.69, 9.17) is 6.57 Å². The average Bonchev–Trinajstić information content (AvgIpc) is 3.49. The summed E-state index contributed by atoms with van der Waals surface area (Å²) >= 11 is 0. The van der Waals surface area contributed by atoms with E-state index in [1.807, 2.05) is 4.90 Å². The molecule has 0 spiro atoms. The Morgan fingerprint density at radius 1 is 1.08 bits per heavy atom. The van der Waals surface area contributed by atoms with Gasteiger partial charge in [-0.2, -0.15) is 9.49 Å². The molecule has 3 heterocycles. The molecular formula is C27H24F2N6O. The first-order valence-corrected chi connectivity index (χ1v) is 12.1. The number of piperidine rings is 1. The fourth-order valence-corrected chi connectivity index (χ4v) is 5.77. The number of rotatable bonds is 3. The Labute approximate surface area is 206 Å². The van der Waals surface area contributed by atoms with Crippen LogP contribution < -0.4 is 10.5 Å². The number of nitrogens with zero attached hydrogens (tertiary/aromatic N) is 6. The minimum Gasteiger partial charge on any atom is -0.354 e. The molecule has 1 aliphatic carbocycles. The minimum absolute atomic E-state index is 0.00807. The van der Waals surface area contributed by atoms with Gasteiger partial charge in [-0.1, -0.05) is 25.0 Å². The van der Waals surface area contributed by atoms with Gasteiger partial charge in [-0.25, -0.2) is 14.2 Å². The molecule has 2 unspecified atom stereocenters. The van der Waals surface area contributed by atoms with Crippen molar-refractivity contribution in [1.29, 1.82) is 0 Å². The van der Waals surface area contributed by atoms with E-state index in [-0.39, 0.29) is 17.3 Å². The minimum atomic E-state index is -0.917. The topological polar surface area (TPSA) is 60.3 Å². The van der Waals surface area contributed by atoms with Gasteiger partial charge < -0.3 is 4.90 Å². The quantitative estimate of drug-likeness (QED) is 0.372. The summed E-state index contributed by atoms with van der Waals surface area (Å²) in [6.07, 6.45) is 6.22. The van der Waals surface area contributed by atoms with E-state index in [1.165, 1.54) is 29.5 Å². The second-order valence-corrected chi connectivity index (χ2v) is 9.72. The lowest BCUT2D eigenvalue weighted by molar-refractivity contribution is 0.320. The van der Waals surface area contributed by atoms with Crippen molar-refractivity contribution in [2.24, 2.45) is 18.9 Å².